The second-order valence-corrected chi connectivity index (χ2v) is 4.33. The van der Waals surface area contributed by atoms with E-state index < -0.39 is 0 Å². The standard InChI is InChI=1S/C12H18N4O/c1-16(2)7-3-6-14-12-15-10-5-4-9(13)8-11(10)17-12/h4-5,8H,3,6-7,13H2,1-2H3,(H,14,15). The van der Waals surface area contributed by atoms with Gasteiger partial charge in [0.2, 0.25) is 0 Å². The van der Waals surface area contributed by atoms with Gasteiger partial charge in [-0.15, -0.1) is 0 Å². The van der Waals surface area contributed by atoms with E-state index in [0.717, 1.165) is 30.6 Å². The normalized spacial score (nSPS) is 11.2. The molecule has 2 aromatic rings. The number of nitrogens with zero attached hydrogens (tertiary/aromatic N) is 2. The molecule has 5 nitrogen and oxygen atoms in total. The van der Waals surface area contributed by atoms with Crippen LogP contribution in [0.5, 0.6) is 0 Å². The summed E-state index contributed by atoms with van der Waals surface area (Å²) in [4.78, 5) is 6.47. The molecule has 0 radical (unpaired) electrons. The van der Waals surface area contributed by atoms with Gasteiger partial charge in [-0.1, -0.05) is 0 Å². The number of benzene rings is 1. The minimum atomic E-state index is 0.560. The summed E-state index contributed by atoms with van der Waals surface area (Å²) in [5, 5.41) is 3.16. The number of nitrogen functional groups attached to an aromatic ring is 1. The third-order valence-corrected chi connectivity index (χ3v) is 2.47. The van der Waals surface area contributed by atoms with Gasteiger partial charge in [0, 0.05) is 18.3 Å². The van der Waals surface area contributed by atoms with E-state index in [4.69, 9.17) is 10.2 Å². The van der Waals surface area contributed by atoms with Gasteiger partial charge in [-0.25, -0.2) is 0 Å². The van der Waals surface area contributed by atoms with E-state index in [1.807, 2.05) is 12.1 Å². The lowest BCUT2D eigenvalue weighted by molar-refractivity contribution is 0.404. The van der Waals surface area contributed by atoms with E-state index in [9.17, 15) is 0 Å². The first kappa shape index (κ1) is 11.7. The van der Waals surface area contributed by atoms with Gasteiger partial charge in [0.05, 0.1) is 0 Å². The van der Waals surface area contributed by atoms with Crippen LogP contribution < -0.4 is 11.1 Å². The van der Waals surface area contributed by atoms with Crippen molar-refractivity contribution in [2.45, 2.75) is 6.42 Å². The lowest BCUT2D eigenvalue weighted by Crippen LogP contribution is -2.16. The fourth-order valence-corrected chi connectivity index (χ4v) is 1.61. The first-order valence-electron chi connectivity index (χ1n) is 5.70. The molecule has 0 unspecified atom stereocenters. The summed E-state index contributed by atoms with van der Waals surface area (Å²) in [5.74, 6) is 0. The predicted molar refractivity (Wildman–Crippen MR) is 70.1 cm³/mol. The van der Waals surface area contributed by atoms with Crippen molar-refractivity contribution in [1.82, 2.24) is 9.88 Å². The van der Waals surface area contributed by atoms with Gasteiger partial charge in [-0.3, -0.25) is 0 Å². The van der Waals surface area contributed by atoms with E-state index in [0.29, 0.717) is 11.7 Å². The van der Waals surface area contributed by atoms with Crippen molar-refractivity contribution in [3.05, 3.63) is 18.2 Å². The number of hydrogen-bond donors (Lipinski definition) is 2. The minimum absolute atomic E-state index is 0.560. The minimum Gasteiger partial charge on any atom is -0.423 e. The van der Waals surface area contributed by atoms with Crippen LogP contribution in [0.15, 0.2) is 22.6 Å². The van der Waals surface area contributed by atoms with Crippen molar-refractivity contribution in [1.29, 1.82) is 0 Å². The largest absolute Gasteiger partial charge is 0.423 e. The van der Waals surface area contributed by atoms with Gasteiger partial charge in [0.15, 0.2) is 5.58 Å². The van der Waals surface area contributed by atoms with Crippen molar-refractivity contribution < 1.29 is 4.42 Å². The second kappa shape index (κ2) is 5.05. The van der Waals surface area contributed by atoms with E-state index in [1.165, 1.54) is 0 Å². The molecule has 3 N–H and O–H groups in total. The number of anilines is 2. The van der Waals surface area contributed by atoms with Crippen LogP contribution in [0.1, 0.15) is 6.42 Å². The zero-order valence-corrected chi connectivity index (χ0v) is 10.2. The molecule has 0 aliphatic carbocycles. The van der Waals surface area contributed by atoms with Crippen LogP contribution in [-0.2, 0) is 0 Å². The van der Waals surface area contributed by atoms with Crippen LogP contribution >= 0.6 is 0 Å². The fourth-order valence-electron chi connectivity index (χ4n) is 1.61. The molecule has 0 fully saturated rings. The zero-order valence-electron chi connectivity index (χ0n) is 10.2. The van der Waals surface area contributed by atoms with Gasteiger partial charge in [0.25, 0.3) is 6.01 Å². The summed E-state index contributed by atoms with van der Waals surface area (Å²) in [6, 6.07) is 6.03. The topological polar surface area (TPSA) is 67.3 Å². The summed E-state index contributed by atoms with van der Waals surface area (Å²) in [5.41, 5.74) is 7.91. The number of nitrogens with two attached hydrogens (primary N) is 1. The Hall–Kier alpha value is -1.75. The molecule has 0 atom stereocenters. The van der Waals surface area contributed by atoms with Crippen LogP contribution in [0, 0.1) is 0 Å². The maximum atomic E-state index is 5.67. The quantitative estimate of drug-likeness (QED) is 0.609. The zero-order chi connectivity index (χ0) is 12.3. The second-order valence-electron chi connectivity index (χ2n) is 4.33. The van der Waals surface area contributed by atoms with Crippen molar-refractivity contribution in [3.8, 4) is 0 Å². The first-order chi connectivity index (χ1) is 8.15. The van der Waals surface area contributed by atoms with Crippen LogP contribution in [0.4, 0.5) is 11.7 Å². The van der Waals surface area contributed by atoms with Crippen molar-refractivity contribution in [2.75, 3.05) is 38.2 Å². The lowest BCUT2D eigenvalue weighted by Gasteiger charge is -2.08. The molecule has 0 aliphatic heterocycles. The Morgan fingerprint density at radius 1 is 1.41 bits per heavy atom. The molecule has 0 amide bonds. The maximum absolute atomic E-state index is 5.67. The van der Waals surface area contributed by atoms with E-state index in [2.05, 4.69) is 29.3 Å². The van der Waals surface area contributed by atoms with Crippen LogP contribution in [0.2, 0.25) is 0 Å². The summed E-state index contributed by atoms with van der Waals surface area (Å²) < 4.78 is 5.54. The van der Waals surface area contributed by atoms with Crippen molar-refractivity contribution >= 4 is 22.8 Å². The lowest BCUT2D eigenvalue weighted by atomic mass is 10.3. The average Bonchev–Trinajstić information content (AvgIpc) is 2.66. The third kappa shape index (κ3) is 3.10. The van der Waals surface area contributed by atoms with E-state index >= 15 is 0 Å². The highest BCUT2D eigenvalue weighted by molar-refractivity contribution is 5.77. The maximum Gasteiger partial charge on any atom is 0.295 e. The van der Waals surface area contributed by atoms with Crippen LogP contribution in [0.3, 0.4) is 0 Å². The highest BCUT2D eigenvalue weighted by Gasteiger charge is 2.04. The smallest absolute Gasteiger partial charge is 0.295 e. The van der Waals surface area contributed by atoms with Gasteiger partial charge in [-0.2, -0.15) is 4.98 Å². The number of rotatable bonds is 5. The summed E-state index contributed by atoms with van der Waals surface area (Å²) in [6.07, 6.45) is 1.05. The number of aromatic nitrogens is 1. The average molecular weight is 234 g/mol. The monoisotopic (exact) mass is 234 g/mol. The Balaban J connectivity index is 1.95. The number of fused-ring (bicyclic) bond motifs is 1. The van der Waals surface area contributed by atoms with Crippen molar-refractivity contribution in [3.63, 3.8) is 0 Å². The molecule has 1 aromatic heterocycles. The molecule has 17 heavy (non-hydrogen) atoms. The Morgan fingerprint density at radius 2 is 2.24 bits per heavy atom. The molecule has 0 saturated heterocycles. The predicted octanol–water partition coefficient (Wildman–Crippen LogP) is 1.77. The molecule has 2 rings (SSSR count). The molecule has 0 bridgehead atoms. The summed E-state index contributed by atoms with van der Waals surface area (Å²) >= 11 is 0. The molecule has 1 heterocycles. The van der Waals surface area contributed by atoms with Crippen LogP contribution in [0.25, 0.3) is 11.1 Å². The molecule has 0 spiro atoms. The van der Waals surface area contributed by atoms with Crippen LogP contribution in [-0.4, -0.2) is 37.1 Å². The van der Waals surface area contributed by atoms with Gasteiger partial charge in [0.1, 0.15) is 5.52 Å². The van der Waals surface area contributed by atoms with E-state index in [-0.39, 0.29) is 0 Å². The Labute approximate surface area is 101 Å². The van der Waals surface area contributed by atoms with Gasteiger partial charge in [-0.05, 0) is 39.2 Å². The molecular weight excluding hydrogens is 216 g/mol. The number of oxazole rings is 1. The fraction of sp³-hybridized carbons (Fsp3) is 0.417. The number of hydrogen-bond acceptors (Lipinski definition) is 5. The van der Waals surface area contributed by atoms with E-state index in [1.54, 1.807) is 6.07 Å². The summed E-state index contributed by atoms with van der Waals surface area (Å²) in [6.45, 7) is 1.89. The molecule has 5 heteroatoms. The van der Waals surface area contributed by atoms with Gasteiger partial charge >= 0.3 is 0 Å². The Morgan fingerprint density at radius 3 is 3.00 bits per heavy atom. The molecule has 1 aromatic carbocycles. The summed E-state index contributed by atoms with van der Waals surface area (Å²) in [7, 11) is 4.12. The highest BCUT2D eigenvalue weighted by atomic mass is 16.4. The molecule has 0 aliphatic rings. The SMILES string of the molecule is CN(C)CCCNc1nc2ccc(N)cc2o1. The molecular formula is C12H18N4O. The number of nitrogens with one attached hydrogen (secondary N) is 1. The molecule has 0 saturated carbocycles. The Bertz CT molecular complexity index is 492. The third-order valence-electron chi connectivity index (χ3n) is 2.47. The van der Waals surface area contributed by atoms with Gasteiger partial charge < -0.3 is 20.4 Å². The van der Waals surface area contributed by atoms with Crippen molar-refractivity contribution in [2.24, 2.45) is 0 Å². The first-order valence-corrected chi connectivity index (χ1v) is 5.70. The highest BCUT2D eigenvalue weighted by Crippen LogP contribution is 2.20. The molecule has 92 valence electrons. The Kier molecular flexibility index (Phi) is 3.49.